The van der Waals surface area contributed by atoms with Crippen LogP contribution >= 0.6 is 0 Å². The first kappa shape index (κ1) is 18.9. The molecular weight excluding hydrogens is 345 g/mol. The van der Waals surface area contributed by atoms with Gasteiger partial charge in [0.2, 0.25) is 5.60 Å². The van der Waals surface area contributed by atoms with E-state index in [1.165, 1.54) is 12.1 Å². The highest BCUT2D eigenvalue weighted by Gasteiger charge is 2.57. The van der Waals surface area contributed by atoms with Crippen molar-refractivity contribution in [2.45, 2.75) is 18.7 Å². The number of ether oxygens (including phenoxy) is 1. The molecule has 1 aromatic carbocycles. The smallest absolute Gasteiger partial charge is 0.429 e. The molecule has 1 unspecified atom stereocenters. The molecule has 0 fully saturated rings. The van der Waals surface area contributed by atoms with E-state index in [0.717, 1.165) is 12.1 Å². The molecule has 2 N–H and O–H groups in total. The summed E-state index contributed by atoms with van der Waals surface area (Å²) in [6.45, 7) is 0.252. The highest BCUT2D eigenvalue weighted by Crippen LogP contribution is 2.35. The summed E-state index contributed by atoms with van der Waals surface area (Å²) in [5.74, 6) is -5.20. The first-order chi connectivity index (χ1) is 10.3. The Morgan fingerprint density at radius 1 is 1.17 bits per heavy atom. The summed E-state index contributed by atoms with van der Waals surface area (Å²) in [6.07, 6.45) is -5.32. The van der Waals surface area contributed by atoms with Crippen molar-refractivity contribution >= 4 is 22.1 Å². The van der Waals surface area contributed by atoms with Gasteiger partial charge in [0.05, 0.1) is 11.1 Å². The number of hydrogen-bond donors (Lipinski definition) is 2. The van der Waals surface area contributed by atoms with Crippen molar-refractivity contribution < 1.29 is 45.6 Å². The Morgan fingerprint density at radius 3 is 2.04 bits per heavy atom. The van der Waals surface area contributed by atoms with Gasteiger partial charge in [-0.25, -0.2) is 9.59 Å². The van der Waals surface area contributed by atoms with E-state index < -0.39 is 50.7 Å². The number of carboxylic acids is 1. The molecule has 1 atom stereocenters. The summed E-state index contributed by atoms with van der Waals surface area (Å²) in [5, 5.41) is 8.89. The van der Waals surface area contributed by atoms with Crippen molar-refractivity contribution in [3.8, 4) is 0 Å². The van der Waals surface area contributed by atoms with E-state index in [-0.39, 0.29) is 6.92 Å². The van der Waals surface area contributed by atoms with Gasteiger partial charge in [-0.15, -0.1) is 0 Å². The lowest BCUT2D eigenvalue weighted by Gasteiger charge is -2.30. The van der Waals surface area contributed by atoms with Crippen LogP contribution in [0.15, 0.2) is 24.3 Å². The molecule has 11 heteroatoms. The second-order valence-electron chi connectivity index (χ2n) is 4.70. The number of alkyl halides is 3. The molecule has 1 rings (SSSR count). The number of hydrogen-bond acceptors (Lipinski definition) is 5. The average molecular weight is 356 g/mol. The van der Waals surface area contributed by atoms with E-state index in [0.29, 0.717) is 0 Å². The molecule has 0 aliphatic rings. The molecule has 0 bridgehead atoms. The number of rotatable bonds is 5. The molecule has 0 amide bonds. The zero-order valence-corrected chi connectivity index (χ0v) is 12.3. The maximum absolute atomic E-state index is 13.0. The number of aromatic carboxylic acids is 1. The van der Waals surface area contributed by atoms with Crippen LogP contribution < -0.4 is 0 Å². The molecule has 0 saturated carbocycles. The zero-order valence-electron chi connectivity index (χ0n) is 11.5. The summed E-state index contributed by atoms with van der Waals surface area (Å²) in [7, 11) is -5.13. The maximum Gasteiger partial charge on any atom is 0.429 e. The topological polar surface area (TPSA) is 118 Å². The molecule has 0 aromatic heterocycles. The second-order valence-corrected chi connectivity index (χ2v) is 6.15. The molecule has 0 aliphatic heterocycles. The van der Waals surface area contributed by atoms with E-state index in [1.807, 2.05) is 0 Å². The highest BCUT2D eigenvalue weighted by atomic mass is 32.2. The molecule has 1 aromatic rings. The molecule has 0 saturated heterocycles. The van der Waals surface area contributed by atoms with E-state index in [4.69, 9.17) is 9.66 Å². The van der Waals surface area contributed by atoms with Crippen LogP contribution in [0.1, 0.15) is 27.6 Å². The SMILES string of the molecule is CC(CS(=O)(=O)O)(OC(=O)c1ccccc1C(=O)O)C(F)(F)F. The molecule has 0 radical (unpaired) electrons. The third kappa shape index (κ3) is 4.66. The van der Waals surface area contributed by atoms with Crippen LogP contribution in [0.25, 0.3) is 0 Å². The first-order valence-corrected chi connectivity index (χ1v) is 7.45. The minimum Gasteiger partial charge on any atom is -0.478 e. The quantitative estimate of drug-likeness (QED) is 0.609. The van der Waals surface area contributed by atoms with Crippen LogP contribution in [0.2, 0.25) is 0 Å². The summed E-state index contributed by atoms with van der Waals surface area (Å²) in [5.41, 5.74) is -4.86. The molecule has 7 nitrogen and oxygen atoms in total. The monoisotopic (exact) mass is 356 g/mol. The molecule has 0 aliphatic carbocycles. The standard InChI is InChI=1S/C12H11F3O7S/c1-11(12(13,14)15,6-23(19,20)21)22-10(18)8-5-3-2-4-7(8)9(16)17/h2-5H,6H2,1H3,(H,16,17)(H,19,20,21). The number of halogens is 3. The Bertz CT molecular complexity index is 726. The van der Waals surface area contributed by atoms with Gasteiger partial charge in [-0.1, -0.05) is 12.1 Å². The minimum atomic E-state index is -5.32. The predicted molar refractivity (Wildman–Crippen MR) is 69.7 cm³/mol. The van der Waals surface area contributed by atoms with Crippen LogP contribution in [0.4, 0.5) is 13.2 Å². The summed E-state index contributed by atoms with van der Waals surface area (Å²) < 4.78 is 73.3. The van der Waals surface area contributed by atoms with E-state index in [2.05, 4.69) is 4.74 Å². The Hall–Kier alpha value is -2.14. The van der Waals surface area contributed by atoms with Crippen molar-refractivity contribution in [2.24, 2.45) is 0 Å². The zero-order chi connectivity index (χ0) is 18.1. The third-order valence-electron chi connectivity index (χ3n) is 2.75. The fraction of sp³-hybridized carbons (Fsp3) is 0.333. The lowest BCUT2D eigenvalue weighted by atomic mass is 10.1. The Morgan fingerprint density at radius 2 is 1.65 bits per heavy atom. The molecule has 23 heavy (non-hydrogen) atoms. The lowest BCUT2D eigenvalue weighted by molar-refractivity contribution is -0.243. The van der Waals surface area contributed by atoms with Crippen molar-refractivity contribution in [3.63, 3.8) is 0 Å². The normalized spacial score (nSPS) is 14.8. The van der Waals surface area contributed by atoms with Crippen LogP contribution in [0.3, 0.4) is 0 Å². The van der Waals surface area contributed by atoms with Crippen molar-refractivity contribution in [3.05, 3.63) is 35.4 Å². The van der Waals surface area contributed by atoms with Gasteiger partial charge in [-0.3, -0.25) is 4.55 Å². The Kier molecular flexibility index (Phi) is 5.07. The summed E-state index contributed by atoms with van der Waals surface area (Å²) >= 11 is 0. The molecule has 0 spiro atoms. The Balaban J connectivity index is 3.25. The number of carbonyl (C=O) groups excluding carboxylic acids is 1. The van der Waals surface area contributed by atoms with Gasteiger partial charge in [0, 0.05) is 0 Å². The fourth-order valence-corrected chi connectivity index (χ4v) is 2.54. The van der Waals surface area contributed by atoms with Gasteiger partial charge < -0.3 is 9.84 Å². The molecular formula is C12H11F3O7S. The lowest BCUT2D eigenvalue weighted by Crippen LogP contribution is -2.51. The van der Waals surface area contributed by atoms with Crippen LogP contribution in [0, 0.1) is 0 Å². The average Bonchev–Trinajstić information content (AvgIpc) is 2.34. The summed E-state index contributed by atoms with van der Waals surface area (Å²) in [6, 6.07) is 4.31. The van der Waals surface area contributed by atoms with E-state index in [1.54, 1.807) is 0 Å². The van der Waals surface area contributed by atoms with E-state index >= 15 is 0 Å². The number of carboxylic acid groups (broad SMARTS) is 1. The Labute approximate surface area is 128 Å². The van der Waals surface area contributed by atoms with Crippen LogP contribution in [-0.2, 0) is 14.9 Å². The van der Waals surface area contributed by atoms with Gasteiger partial charge in [0.25, 0.3) is 10.1 Å². The second kappa shape index (κ2) is 6.16. The van der Waals surface area contributed by atoms with Crippen molar-refractivity contribution in [1.29, 1.82) is 0 Å². The van der Waals surface area contributed by atoms with Gasteiger partial charge in [-0.2, -0.15) is 21.6 Å². The van der Waals surface area contributed by atoms with E-state index in [9.17, 15) is 31.2 Å². The summed E-state index contributed by atoms with van der Waals surface area (Å²) in [4.78, 5) is 22.8. The van der Waals surface area contributed by atoms with Gasteiger partial charge >= 0.3 is 18.1 Å². The number of carbonyl (C=O) groups is 2. The molecule has 0 heterocycles. The van der Waals surface area contributed by atoms with Crippen molar-refractivity contribution in [2.75, 3.05) is 5.75 Å². The largest absolute Gasteiger partial charge is 0.478 e. The molecule has 128 valence electrons. The van der Waals surface area contributed by atoms with Crippen molar-refractivity contribution in [1.82, 2.24) is 0 Å². The van der Waals surface area contributed by atoms with Crippen LogP contribution in [-0.4, -0.2) is 47.5 Å². The van der Waals surface area contributed by atoms with Gasteiger partial charge in [0.1, 0.15) is 5.75 Å². The number of benzene rings is 1. The minimum absolute atomic E-state index is 0.252. The predicted octanol–water partition coefficient (Wildman–Crippen LogP) is 1.75. The third-order valence-corrected chi connectivity index (χ3v) is 3.67. The van der Waals surface area contributed by atoms with Gasteiger partial charge in [-0.05, 0) is 19.1 Å². The fourth-order valence-electron chi connectivity index (χ4n) is 1.62. The number of esters is 1. The van der Waals surface area contributed by atoms with Crippen LogP contribution in [0.5, 0.6) is 0 Å². The first-order valence-electron chi connectivity index (χ1n) is 5.84. The highest BCUT2D eigenvalue weighted by molar-refractivity contribution is 7.85. The van der Waals surface area contributed by atoms with Gasteiger partial charge in [0.15, 0.2) is 0 Å². The maximum atomic E-state index is 13.0.